The van der Waals surface area contributed by atoms with Crippen molar-refractivity contribution in [2.75, 3.05) is 7.11 Å². The molecule has 0 bridgehead atoms. The van der Waals surface area contributed by atoms with E-state index in [0.717, 1.165) is 36.0 Å². The topological polar surface area (TPSA) is 43.4 Å². The molecule has 3 nitrogen and oxygen atoms in total. The van der Waals surface area contributed by atoms with Gasteiger partial charge in [-0.05, 0) is 60.4 Å². The van der Waals surface area contributed by atoms with Gasteiger partial charge in [-0.3, -0.25) is 9.59 Å². The standard InChI is InChI=1S/C21H20O3/c1-24-20(23)21(12-14-6-3-2-4-7-14)13-17-10-15-8-5-9-16(15)11-18(17)19(21)22/h2-4,6-7,10-11H,5,8-9,12-13H2,1H3/t21-/m0/s1. The Bertz CT molecular complexity index is 822. The Labute approximate surface area is 141 Å². The molecule has 0 heterocycles. The zero-order chi connectivity index (χ0) is 16.7. The molecule has 0 radical (unpaired) electrons. The first-order chi connectivity index (χ1) is 11.6. The smallest absolute Gasteiger partial charge is 0.320 e. The van der Waals surface area contributed by atoms with Crippen LogP contribution in [0.1, 0.15) is 39.0 Å². The van der Waals surface area contributed by atoms with Gasteiger partial charge in [-0.1, -0.05) is 36.4 Å². The van der Waals surface area contributed by atoms with Crippen LogP contribution < -0.4 is 0 Å². The van der Waals surface area contributed by atoms with Crippen molar-refractivity contribution in [3.8, 4) is 0 Å². The summed E-state index contributed by atoms with van der Waals surface area (Å²) >= 11 is 0. The molecule has 0 saturated carbocycles. The van der Waals surface area contributed by atoms with Gasteiger partial charge in [0.15, 0.2) is 5.78 Å². The molecule has 4 rings (SSSR count). The van der Waals surface area contributed by atoms with E-state index >= 15 is 0 Å². The zero-order valence-corrected chi connectivity index (χ0v) is 13.8. The van der Waals surface area contributed by atoms with Crippen LogP contribution in [0, 0.1) is 5.41 Å². The number of esters is 1. The minimum atomic E-state index is -1.12. The van der Waals surface area contributed by atoms with Crippen LogP contribution in [0.3, 0.4) is 0 Å². The highest BCUT2D eigenvalue weighted by Gasteiger charge is 2.52. The van der Waals surface area contributed by atoms with Gasteiger partial charge in [0.05, 0.1) is 7.11 Å². The van der Waals surface area contributed by atoms with Gasteiger partial charge in [0.1, 0.15) is 5.41 Å². The number of benzene rings is 2. The fourth-order valence-corrected chi connectivity index (χ4v) is 4.22. The number of fused-ring (bicyclic) bond motifs is 2. The first-order valence-corrected chi connectivity index (χ1v) is 8.46. The number of methoxy groups -OCH3 is 1. The van der Waals surface area contributed by atoms with Gasteiger partial charge < -0.3 is 4.74 Å². The number of carbonyl (C=O) groups is 2. The van der Waals surface area contributed by atoms with Crippen LogP contribution in [0.5, 0.6) is 0 Å². The highest BCUT2D eigenvalue weighted by molar-refractivity contribution is 6.16. The molecule has 0 spiro atoms. The van der Waals surface area contributed by atoms with E-state index in [-0.39, 0.29) is 5.78 Å². The maximum Gasteiger partial charge on any atom is 0.320 e. The van der Waals surface area contributed by atoms with Crippen LogP contribution in [-0.2, 0) is 35.2 Å². The molecule has 2 aliphatic rings. The average molecular weight is 320 g/mol. The Morgan fingerprint density at radius 1 is 1.08 bits per heavy atom. The summed E-state index contributed by atoms with van der Waals surface area (Å²) in [6.07, 6.45) is 4.08. The van der Waals surface area contributed by atoms with Crippen molar-refractivity contribution in [2.45, 2.75) is 32.1 Å². The molecule has 2 aromatic rings. The third kappa shape index (κ3) is 2.19. The molecule has 2 aliphatic carbocycles. The second-order valence-corrected chi connectivity index (χ2v) is 6.87. The van der Waals surface area contributed by atoms with Crippen molar-refractivity contribution in [1.29, 1.82) is 0 Å². The fourth-order valence-electron chi connectivity index (χ4n) is 4.22. The Kier molecular flexibility index (Phi) is 3.52. The minimum Gasteiger partial charge on any atom is -0.468 e. The van der Waals surface area contributed by atoms with Gasteiger partial charge in [-0.15, -0.1) is 0 Å². The number of aryl methyl sites for hydroxylation is 2. The molecule has 0 amide bonds. The van der Waals surface area contributed by atoms with Crippen LogP contribution in [0.4, 0.5) is 0 Å². The van der Waals surface area contributed by atoms with Crippen molar-refractivity contribution in [3.05, 3.63) is 70.3 Å². The number of hydrogen-bond donors (Lipinski definition) is 0. The Hall–Kier alpha value is -2.42. The van der Waals surface area contributed by atoms with Crippen LogP contribution >= 0.6 is 0 Å². The number of ketones is 1. The molecule has 122 valence electrons. The maximum atomic E-state index is 13.2. The minimum absolute atomic E-state index is 0.0806. The monoisotopic (exact) mass is 320 g/mol. The van der Waals surface area contributed by atoms with Crippen molar-refractivity contribution in [2.24, 2.45) is 5.41 Å². The highest BCUT2D eigenvalue weighted by Crippen LogP contribution is 2.42. The normalized spacial score (nSPS) is 21.5. The van der Waals surface area contributed by atoms with Crippen LogP contribution in [-0.4, -0.2) is 18.9 Å². The number of Topliss-reactive ketones (excluding diaryl/α,β-unsaturated/α-hetero) is 1. The fraction of sp³-hybridized carbons (Fsp3) is 0.333. The second kappa shape index (κ2) is 5.59. The summed E-state index contributed by atoms with van der Waals surface area (Å²) in [6, 6.07) is 13.9. The van der Waals surface area contributed by atoms with E-state index in [1.54, 1.807) is 0 Å². The quantitative estimate of drug-likeness (QED) is 0.644. The van der Waals surface area contributed by atoms with Crippen molar-refractivity contribution in [1.82, 2.24) is 0 Å². The molecule has 1 atom stereocenters. The van der Waals surface area contributed by atoms with E-state index in [9.17, 15) is 9.59 Å². The van der Waals surface area contributed by atoms with E-state index in [2.05, 4.69) is 6.07 Å². The SMILES string of the molecule is COC(=O)[C@@]1(Cc2ccccc2)Cc2cc3c(cc2C1=O)CCC3. The summed E-state index contributed by atoms with van der Waals surface area (Å²) in [7, 11) is 1.37. The van der Waals surface area contributed by atoms with E-state index < -0.39 is 11.4 Å². The van der Waals surface area contributed by atoms with Gasteiger partial charge in [0.2, 0.25) is 0 Å². The number of ether oxygens (including phenoxy) is 1. The Morgan fingerprint density at radius 3 is 2.50 bits per heavy atom. The summed E-state index contributed by atoms with van der Waals surface area (Å²) in [5.41, 5.74) is 4.19. The average Bonchev–Trinajstić information content (AvgIpc) is 3.16. The van der Waals surface area contributed by atoms with Gasteiger partial charge in [0, 0.05) is 5.56 Å². The maximum absolute atomic E-state index is 13.2. The van der Waals surface area contributed by atoms with Gasteiger partial charge in [0.25, 0.3) is 0 Å². The molecule has 0 unspecified atom stereocenters. The summed E-state index contributed by atoms with van der Waals surface area (Å²) in [6.45, 7) is 0. The lowest BCUT2D eigenvalue weighted by Gasteiger charge is -2.24. The molecule has 3 heteroatoms. The molecule has 0 aliphatic heterocycles. The lowest BCUT2D eigenvalue weighted by molar-refractivity contribution is -0.149. The number of carbonyl (C=O) groups excluding carboxylic acids is 2. The molecule has 0 aromatic heterocycles. The molecule has 0 saturated heterocycles. The van der Waals surface area contributed by atoms with Crippen LogP contribution in [0.2, 0.25) is 0 Å². The first-order valence-electron chi connectivity index (χ1n) is 8.46. The lowest BCUT2D eigenvalue weighted by Crippen LogP contribution is -2.40. The molecular formula is C21H20O3. The van der Waals surface area contributed by atoms with E-state index in [4.69, 9.17) is 4.74 Å². The summed E-state index contributed by atoms with van der Waals surface area (Å²) in [5, 5.41) is 0. The van der Waals surface area contributed by atoms with E-state index in [1.165, 1.54) is 18.2 Å². The summed E-state index contributed by atoms with van der Waals surface area (Å²) in [5.74, 6) is -0.504. The molecule has 0 N–H and O–H groups in total. The summed E-state index contributed by atoms with van der Waals surface area (Å²) in [4.78, 5) is 25.9. The Morgan fingerprint density at radius 2 is 1.79 bits per heavy atom. The predicted octanol–water partition coefficient (Wildman–Crippen LogP) is 3.32. The third-order valence-electron chi connectivity index (χ3n) is 5.41. The van der Waals surface area contributed by atoms with Gasteiger partial charge >= 0.3 is 5.97 Å². The van der Waals surface area contributed by atoms with Crippen LogP contribution in [0.25, 0.3) is 0 Å². The second-order valence-electron chi connectivity index (χ2n) is 6.87. The van der Waals surface area contributed by atoms with Gasteiger partial charge in [-0.25, -0.2) is 0 Å². The predicted molar refractivity (Wildman–Crippen MR) is 91.1 cm³/mol. The third-order valence-corrected chi connectivity index (χ3v) is 5.41. The van der Waals surface area contributed by atoms with Gasteiger partial charge in [-0.2, -0.15) is 0 Å². The largest absolute Gasteiger partial charge is 0.468 e. The zero-order valence-electron chi connectivity index (χ0n) is 13.8. The highest BCUT2D eigenvalue weighted by atomic mass is 16.5. The van der Waals surface area contributed by atoms with E-state index in [0.29, 0.717) is 12.8 Å². The van der Waals surface area contributed by atoms with E-state index in [1.807, 2.05) is 36.4 Å². The molecule has 24 heavy (non-hydrogen) atoms. The lowest BCUT2D eigenvalue weighted by atomic mass is 9.78. The number of rotatable bonds is 3. The molecular weight excluding hydrogens is 300 g/mol. The van der Waals surface area contributed by atoms with Crippen molar-refractivity contribution < 1.29 is 14.3 Å². The molecule has 2 aromatic carbocycles. The van der Waals surface area contributed by atoms with Crippen molar-refractivity contribution in [3.63, 3.8) is 0 Å². The first kappa shape index (κ1) is 15.1. The number of hydrogen-bond acceptors (Lipinski definition) is 3. The molecule has 0 fully saturated rings. The Balaban J connectivity index is 1.78. The van der Waals surface area contributed by atoms with Crippen molar-refractivity contribution >= 4 is 11.8 Å². The van der Waals surface area contributed by atoms with Crippen LogP contribution in [0.15, 0.2) is 42.5 Å². The summed E-state index contributed by atoms with van der Waals surface area (Å²) < 4.78 is 5.05.